The van der Waals surface area contributed by atoms with Crippen molar-refractivity contribution < 1.29 is 23.5 Å². The van der Waals surface area contributed by atoms with Crippen LogP contribution >= 0.6 is 11.6 Å². The Bertz CT molecular complexity index is 1460. The Labute approximate surface area is 207 Å². The standard InChI is InChI=1S/C28H24ClNO5/c1-16-24-22(34-26(16)27(32)30-15-17-6-4-5-7-21(17)33-3)12-13-23-25(24)20(31)14-28(2,35-23)18-8-10-19(29)11-9-18/h4-13H,14-15H2,1-3H3,(H,30,32)/t28-/m1/s1. The highest BCUT2D eigenvalue weighted by molar-refractivity contribution is 6.30. The number of ether oxygens (including phenoxy) is 2. The topological polar surface area (TPSA) is 77.8 Å². The van der Waals surface area contributed by atoms with Gasteiger partial charge in [0, 0.05) is 28.1 Å². The fourth-order valence-corrected chi connectivity index (χ4v) is 4.77. The van der Waals surface area contributed by atoms with Crippen molar-refractivity contribution in [3.63, 3.8) is 0 Å². The lowest BCUT2D eigenvalue weighted by Gasteiger charge is -2.35. The summed E-state index contributed by atoms with van der Waals surface area (Å²) in [7, 11) is 1.59. The summed E-state index contributed by atoms with van der Waals surface area (Å²) in [6.07, 6.45) is 0.153. The molecule has 2 heterocycles. The molecule has 5 rings (SSSR count). The van der Waals surface area contributed by atoms with Crippen LogP contribution in [0.5, 0.6) is 11.5 Å². The molecule has 0 saturated heterocycles. The van der Waals surface area contributed by atoms with E-state index < -0.39 is 5.60 Å². The van der Waals surface area contributed by atoms with Gasteiger partial charge in [-0.25, -0.2) is 0 Å². The van der Waals surface area contributed by atoms with Crippen LogP contribution in [0, 0.1) is 6.92 Å². The van der Waals surface area contributed by atoms with Crippen LogP contribution < -0.4 is 14.8 Å². The van der Waals surface area contributed by atoms with Gasteiger partial charge < -0.3 is 19.2 Å². The van der Waals surface area contributed by atoms with E-state index in [-0.39, 0.29) is 30.4 Å². The number of carbonyl (C=O) groups is 2. The van der Waals surface area contributed by atoms with Crippen molar-refractivity contribution in [1.82, 2.24) is 5.32 Å². The number of benzene rings is 3. The maximum absolute atomic E-state index is 13.4. The predicted octanol–water partition coefficient (Wildman–Crippen LogP) is 6.21. The molecule has 1 aliphatic rings. The van der Waals surface area contributed by atoms with Crippen molar-refractivity contribution in [1.29, 1.82) is 0 Å². The Morgan fingerprint density at radius 3 is 2.60 bits per heavy atom. The van der Waals surface area contributed by atoms with Gasteiger partial charge in [0.05, 0.1) is 19.1 Å². The zero-order chi connectivity index (χ0) is 24.7. The van der Waals surface area contributed by atoms with Crippen LogP contribution in [0.4, 0.5) is 0 Å². The summed E-state index contributed by atoms with van der Waals surface area (Å²) >= 11 is 6.03. The molecule has 7 heteroatoms. The average molecular weight is 490 g/mol. The van der Waals surface area contributed by atoms with E-state index in [1.807, 2.05) is 43.3 Å². The third-order valence-corrected chi connectivity index (χ3v) is 6.71. The van der Waals surface area contributed by atoms with Gasteiger partial charge in [-0.05, 0) is 49.7 Å². The molecule has 1 aliphatic heterocycles. The van der Waals surface area contributed by atoms with E-state index in [4.69, 9.17) is 25.5 Å². The number of Topliss-reactive ketones (excluding diaryl/α,β-unsaturated/α-hetero) is 1. The molecule has 3 aromatic carbocycles. The van der Waals surface area contributed by atoms with Crippen LogP contribution in [-0.4, -0.2) is 18.8 Å². The number of aryl methyl sites for hydroxylation is 1. The number of methoxy groups -OCH3 is 1. The molecule has 0 spiro atoms. The Kier molecular flexibility index (Phi) is 5.77. The third-order valence-electron chi connectivity index (χ3n) is 6.46. The van der Waals surface area contributed by atoms with E-state index in [0.717, 1.165) is 11.1 Å². The zero-order valence-electron chi connectivity index (χ0n) is 19.6. The molecule has 0 fully saturated rings. The number of halogens is 1. The van der Waals surface area contributed by atoms with E-state index in [1.165, 1.54) is 0 Å². The average Bonchev–Trinajstić information content (AvgIpc) is 3.19. The third kappa shape index (κ3) is 4.04. The SMILES string of the molecule is COc1ccccc1CNC(=O)c1oc2ccc3c(c2c1C)C(=O)C[C@](C)(c1ccc(Cl)cc1)O3. The first-order valence-corrected chi connectivity index (χ1v) is 11.6. The molecule has 0 aliphatic carbocycles. The molecule has 0 unspecified atom stereocenters. The fourth-order valence-electron chi connectivity index (χ4n) is 4.64. The number of rotatable bonds is 5. The Morgan fingerprint density at radius 1 is 1.11 bits per heavy atom. The van der Waals surface area contributed by atoms with E-state index in [9.17, 15) is 9.59 Å². The van der Waals surface area contributed by atoms with Crippen molar-refractivity contribution in [2.75, 3.05) is 7.11 Å². The molecule has 0 radical (unpaired) electrons. The molecule has 1 amide bonds. The molecular weight excluding hydrogens is 466 g/mol. The number of furan rings is 1. The maximum Gasteiger partial charge on any atom is 0.287 e. The molecule has 35 heavy (non-hydrogen) atoms. The fraction of sp³-hybridized carbons (Fsp3) is 0.214. The second-order valence-corrected chi connectivity index (χ2v) is 9.24. The molecular formula is C28H24ClNO5. The van der Waals surface area contributed by atoms with Crippen LogP contribution in [-0.2, 0) is 12.1 Å². The lowest BCUT2D eigenvalue weighted by Crippen LogP contribution is -2.36. The highest BCUT2D eigenvalue weighted by atomic mass is 35.5. The van der Waals surface area contributed by atoms with Crippen molar-refractivity contribution in [3.05, 3.63) is 93.7 Å². The first-order chi connectivity index (χ1) is 16.8. The summed E-state index contributed by atoms with van der Waals surface area (Å²) in [5.41, 5.74) is 2.39. The molecule has 1 N–H and O–H groups in total. The van der Waals surface area contributed by atoms with E-state index in [0.29, 0.717) is 38.6 Å². The number of nitrogens with one attached hydrogen (secondary N) is 1. The Balaban J connectivity index is 1.47. The minimum Gasteiger partial charge on any atom is -0.496 e. The number of para-hydroxylation sites is 1. The Hall–Kier alpha value is -3.77. The first-order valence-electron chi connectivity index (χ1n) is 11.2. The molecule has 1 aromatic heterocycles. The second-order valence-electron chi connectivity index (χ2n) is 8.80. The number of ketones is 1. The lowest BCUT2D eigenvalue weighted by molar-refractivity contribution is 0.0507. The van der Waals surface area contributed by atoms with E-state index in [1.54, 1.807) is 38.3 Å². The van der Waals surface area contributed by atoms with Crippen molar-refractivity contribution in [2.45, 2.75) is 32.4 Å². The normalized spacial score (nSPS) is 17.1. The molecule has 0 bridgehead atoms. The van der Waals surface area contributed by atoms with Gasteiger partial charge in [0.2, 0.25) is 0 Å². The minimum absolute atomic E-state index is 0.0702. The molecule has 4 aromatic rings. The number of hydrogen-bond donors (Lipinski definition) is 1. The second kappa shape index (κ2) is 8.78. The van der Waals surface area contributed by atoms with Gasteiger partial charge in [0.1, 0.15) is 22.7 Å². The van der Waals surface area contributed by atoms with Gasteiger partial charge in [0.15, 0.2) is 11.5 Å². The highest BCUT2D eigenvalue weighted by Gasteiger charge is 2.40. The molecule has 6 nitrogen and oxygen atoms in total. The first kappa shape index (κ1) is 23.0. The molecule has 178 valence electrons. The summed E-state index contributed by atoms with van der Waals surface area (Å²) < 4.78 is 17.6. The van der Waals surface area contributed by atoms with Crippen molar-refractivity contribution in [3.8, 4) is 11.5 Å². The van der Waals surface area contributed by atoms with Gasteiger partial charge in [-0.1, -0.05) is 41.9 Å². The summed E-state index contributed by atoms with van der Waals surface area (Å²) in [4.78, 5) is 26.4. The number of amides is 1. The summed E-state index contributed by atoms with van der Waals surface area (Å²) in [6, 6.07) is 18.2. The van der Waals surface area contributed by atoms with Crippen LogP contribution in [0.15, 0.2) is 65.1 Å². The van der Waals surface area contributed by atoms with Gasteiger partial charge in [-0.2, -0.15) is 0 Å². The zero-order valence-corrected chi connectivity index (χ0v) is 20.4. The minimum atomic E-state index is -0.824. The quantitative estimate of drug-likeness (QED) is 0.360. The number of carbonyl (C=O) groups excluding carboxylic acids is 2. The summed E-state index contributed by atoms with van der Waals surface area (Å²) in [6.45, 7) is 3.95. The monoisotopic (exact) mass is 489 g/mol. The number of fused-ring (bicyclic) bond motifs is 3. The summed E-state index contributed by atoms with van der Waals surface area (Å²) in [5, 5.41) is 4.10. The van der Waals surface area contributed by atoms with Crippen LogP contribution in [0.1, 0.15) is 50.9 Å². The van der Waals surface area contributed by atoms with Gasteiger partial charge in [-0.3, -0.25) is 9.59 Å². The lowest BCUT2D eigenvalue weighted by atomic mass is 9.84. The van der Waals surface area contributed by atoms with Gasteiger partial charge >= 0.3 is 0 Å². The van der Waals surface area contributed by atoms with Gasteiger partial charge in [-0.15, -0.1) is 0 Å². The van der Waals surface area contributed by atoms with Crippen LogP contribution in [0.2, 0.25) is 5.02 Å². The van der Waals surface area contributed by atoms with E-state index in [2.05, 4.69) is 5.32 Å². The Morgan fingerprint density at radius 2 is 1.86 bits per heavy atom. The van der Waals surface area contributed by atoms with Crippen molar-refractivity contribution in [2.24, 2.45) is 0 Å². The largest absolute Gasteiger partial charge is 0.496 e. The van der Waals surface area contributed by atoms with Crippen LogP contribution in [0.3, 0.4) is 0 Å². The predicted molar refractivity (Wildman–Crippen MR) is 133 cm³/mol. The molecule has 0 saturated carbocycles. The highest BCUT2D eigenvalue weighted by Crippen LogP contribution is 2.44. The van der Waals surface area contributed by atoms with Crippen LogP contribution in [0.25, 0.3) is 11.0 Å². The summed E-state index contributed by atoms with van der Waals surface area (Å²) in [5.74, 6) is 0.889. The smallest absolute Gasteiger partial charge is 0.287 e. The molecule has 1 atom stereocenters. The van der Waals surface area contributed by atoms with Crippen molar-refractivity contribution >= 4 is 34.3 Å². The maximum atomic E-state index is 13.4. The number of hydrogen-bond acceptors (Lipinski definition) is 5. The van der Waals surface area contributed by atoms with E-state index >= 15 is 0 Å². The van der Waals surface area contributed by atoms with Gasteiger partial charge in [0.25, 0.3) is 5.91 Å².